The Labute approximate surface area is 105 Å². The van der Waals surface area contributed by atoms with Crippen molar-refractivity contribution in [2.45, 2.75) is 20.8 Å². The highest BCUT2D eigenvalue weighted by Gasteiger charge is 2.20. The van der Waals surface area contributed by atoms with Crippen LogP contribution in [0.2, 0.25) is 0 Å². The van der Waals surface area contributed by atoms with Gasteiger partial charge in [-0.1, -0.05) is 13.8 Å². The molecule has 1 heterocycles. The van der Waals surface area contributed by atoms with Gasteiger partial charge < -0.3 is 10.0 Å². The first kappa shape index (κ1) is 13.7. The molecule has 17 heavy (non-hydrogen) atoms. The van der Waals surface area contributed by atoms with Crippen molar-refractivity contribution in [1.29, 1.82) is 0 Å². The van der Waals surface area contributed by atoms with Gasteiger partial charge in [0.05, 0.1) is 5.56 Å². The molecule has 94 valence electrons. The van der Waals surface area contributed by atoms with E-state index in [9.17, 15) is 9.59 Å². The number of carbonyl (C=O) groups excluding carboxylic acids is 1. The summed E-state index contributed by atoms with van der Waals surface area (Å²) in [5.74, 6) is -0.936. The average molecular weight is 255 g/mol. The number of nitrogens with zero attached hydrogens (tertiary/aromatic N) is 1. The normalized spacial score (nSPS) is 10.6. The van der Waals surface area contributed by atoms with E-state index in [1.54, 1.807) is 11.4 Å². The number of carboxylic acid groups (broad SMARTS) is 1. The molecule has 0 spiro atoms. The second-order valence-corrected chi connectivity index (χ2v) is 5.53. The maximum absolute atomic E-state index is 12.1. The monoisotopic (exact) mass is 255 g/mol. The van der Waals surface area contributed by atoms with Gasteiger partial charge in [0.15, 0.2) is 0 Å². The van der Waals surface area contributed by atoms with E-state index in [1.807, 2.05) is 20.8 Å². The third-order valence-electron chi connectivity index (χ3n) is 2.18. The second kappa shape index (κ2) is 5.82. The number of thiophene rings is 1. The van der Waals surface area contributed by atoms with Gasteiger partial charge in [0, 0.05) is 16.8 Å². The minimum absolute atomic E-state index is 0.203. The number of rotatable bonds is 5. The van der Waals surface area contributed by atoms with Gasteiger partial charge >= 0.3 is 5.97 Å². The Balaban J connectivity index is 2.82. The van der Waals surface area contributed by atoms with Crippen molar-refractivity contribution in [3.8, 4) is 0 Å². The van der Waals surface area contributed by atoms with Crippen LogP contribution in [0.1, 0.15) is 29.1 Å². The SMILES string of the molecule is Cc1cc(C(=O)N(CC(=O)O)CC(C)C)cs1. The molecule has 1 rings (SSSR count). The Morgan fingerprint density at radius 2 is 2.12 bits per heavy atom. The van der Waals surface area contributed by atoms with E-state index in [0.29, 0.717) is 12.1 Å². The van der Waals surface area contributed by atoms with Crippen molar-refractivity contribution in [2.24, 2.45) is 5.92 Å². The van der Waals surface area contributed by atoms with Crippen LogP contribution in [0.15, 0.2) is 11.4 Å². The number of hydrogen-bond acceptors (Lipinski definition) is 3. The Morgan fingerprint density at radius 3 is 2.53 bits per heavy atom. The number of carbonyl (C=O) groups is 2. The van der Waals surface area contributed by atoms with Crippen molar-refractivity contribution in [2.75, 3.05) is 13.1 Å². The molecule has 1 aromatic rings. The van der Waals surface area contributed by atoms with Crippen molar-refractivity contribution >= 4 is 23.2 Å². The second-order valence-electron chi connectivity index (χ2n) is 4.42. The van der Waals surface area contributed by atoms with Crippen LogP contribution in [0.4, 0.5) is 0 Å². The van der Waals surface area contributed by atoms with Crippen LogP contribution < -0.4 is 0 Å². The minimum Gasteiger partial charge on any atom is -0.480 e. The molecule has 0 bridgehead atoms. The van der Waals surface area contributed by atoms with Gasteiger partial charge in [-0.15, -0.1) is 11.3 Å². The summed E-state index contributed by atoms with van der Waals surface area (Å²) in [7, 11) is 0. The van der Waals surface area contributed by atoms with Crippen molar-refractivity contribution in [1.82, 2.24) is 4.90 Å². The fourth-order valence-corrected chi connectivity index (χ4v) is 2.24. The minimum atomic E-state index is -0.981. The van der Waals surface area contributed by atoms with Gasteiger partial charge in [0.25, 0.3) is 5.91 Å². The summed E-state index contributed by atoms with van der Waals surface area (Å²) in [6.07, 6.45) is 0. The van der Waals surface area contributed by atoms with E-state index in [1.165, 1.54) is 16.2 Å². The first-order valence-electron chi connectivity index (χ1n) is 5.46. The first-order valence-corrected chi connectivity index (χ1v) is 6.34. The van der Waals surface area contributed by atoms with Gasteiger partial charge in [-0.25, -0.2) is 0 Å². The van der Waals surface area contributed by atoms with Crippen LogP contribution in [0.3, 0.4) is 0 Å². The maximum Gasteiger partial charge on any atom is 0.323 e. The fraction of sp³-hybridized carbons (Fsp3) is 0.500. The molecule has 0 aliphatic carbocycles. The Morgan fingerprint density at radius 1 is 1.47 bits per heavy atom. The number of hydrogen-bond donors (Lipinski definition) is 1. The number of carboxylic acids is 1. The van der Waals surface area contributed by atoms with E-state index >= 15 is 0 Å². The van der Waals surface area contributed by atoms with Gasteiger partial charge in [0.2, 0.25) is 0 Å². The first-order chi connectivity index (χ1) is 7.90. The summed E-state index contributed by atoms with van der Waals surface area (Å²) in [5, 5.41) is 10.6. The zero-order valence-corrected chi connectivity index (χ0v) is 11.1. The fourth-order valence-electron chi connectivity index (χ4n) is 1.56. The number of amides is 1. The molecule has 0 aromatic carbocycles. The zero-order valence-electron chi connectivity index (χ0n) is 10.3. The van der Waals surface area contributed by atoms with Crippen LogP contribution in [0.5, 0.6) is 0 Å². The van der Waals surface area contributed by atoms with Gasteiger partial charge in [-0.2, -0.15) is 0 Å². The molecule has 1 N–H and O–H groups in total. The number of aryl methyl sites for hydroxylation is 1. The van der Waals surface area contributed by atoms with E-state index in [2.05, 4.69) is 0 Å². The maximum atomic E-state index is 12.1. The zero-order chi connectivity index (χ0) is 13.0. The molecular formula is C12H17NO3S. The Bertz CT molecular complexity index is 412. The highest BCUT2D eigenvalue weighted by atomic mass is 32.1. The molecule has 0 fully saturated rings. The highest BCUT2D eigenvalue weighted by molar-refractivity contribution is 7.10. The van der Waals surface area contributed by atoms with Crippen LogP contribution in [0.25, 0.3) is 0 Å². The molecule has 0 radical (unpaired) electrons. The van der Waals surface area contributed by atoms with Crippen molar-refractivity contribution in [3.05, 3.63) is 21.9 Å². The molecule has 1 amide bonds. The lowest BCUT2D eigenvalue weighted by Crippen LogP contribution is -2.38. The Hall–Kier alpha value is -1.36. The van der Waals surface area contributed by atoms with E-state index in [0.717, 1.165) is 4.88 Å². The molecular weight excluding hydrogens is 238 g/mol. The van der Waals surface area contributed by atoms with Crippen molar-refractivity contribution in [3.63, 3.8) is 0 Å². The summed E-state index contributed by atoms with van der Waals surface area (Å²) in [6.45, 7) is 6.05. The lowest BCUT2D eigenvalue weighted by atomic mass is 10.2. The molecule has 0 saturated heterocycles. The third-order valence-corrected chi connectivity index (χ3v) is 3.04. The topological polar surface area (TPSA) is 57.6 Å². The molecule has 4 nitrogen and oxygen atoms in total. The van der Waals surface area contributed by atoms with Gasteiger partial charge in [-0.3, -0.25) is 9.59 Å². The van der Waals surface area contributed by atoms with E-state index < -0.39 is 5.97 Å². The molecule has 0 unspecified atom stereocenters. The average Bonchev–Trinajstić information content (AvgIpc) is 2.61. The molecule has 0 aliphatic rings. The molecule has 0 atom stereocenters. The number of aliphatic carboxylic acids is 1. The van der Waals surface area contributed by atoms with Crippen molar-refractivity contribution < 1.29 is 14.7 Å². The van der Waals surface area contributed by atoms with E-state index in [-0.39, 0.29) is 18.4 Å². The van der Waals surface area contributed by atoms with Crippen LogP contribution in [-0.2, 0) is 4.79 Å². The van der Waals surface area contributed by atoms with Crippen LogP contribution >= 0.6 is 11.3 Å². The predicted molar refractivity (Wildman–Crippen MR) is 67.4 cm³/mol. The summed E-state index contributed by atoms with van der Waals surface area (Å²) in [5.41, 5.74) is 0.578. The van der Waals surface area contributed by atoms with Gasteiger partial charge in [0.1, 0.15) is 6.54 Å². The molecule has 0 aliphatic heterocycles. The molecule has 0 saturated carbocycles. The predicted octanol–water partition coefficient (Wildman–Crippen LogP) is 2.24. The van der Waals surface area contributed by atoms with Crippen LogP contribution in [-0.4, -0.2) is 35.0 Å². The van der Waals surface area contributed by atoms with Crippen LogP contribution in [0, 0.1) is 12.8 Å². The quantitative estimate of drug-likeness (QED) is 0.877. The third kappa shape index (κ3) is 4.19. The van der Waals surface area contributed by atoms with E-state index in [4.69, 9.17) is 5.11 Å². The lowest BCUT2D eigenvalue weighted by molar-refractivity contribution is -0.137. The summed E-state index contributed by atoms with van der Waals surface area (Å²) in [6, 6.07) is 1.79. The Kier molecular flexibility index (Phi) is 4.69. The highest BCUT2D eigenvalue weighted by Crippen LogP contribution is 2.15. The van der Waals surface area contributed by atoms with Gasteiger partial charge in [-0.05, 0) is 18.9 Å². The molecule has 1 aromatic heterocycles. The summed E-state index contributed by atoms with van der Waals surface area (Å²) in [4.78, 5) is 25.3. The summed E-state index contributed by atoms with van der Waals surface area (Å²) >= 11 is 1.49. The lowest BCUT2D eigenvalue weighted by Gasteiger charge is -2.22. The summed E-state index contributed by atoms with van der Waals surface area (Å²) < 4.78 is 0. The smallest absolute Gasteiger partial charge is 0.323 e. The standard InChI is InChI=1S/C12H17NO3S/c1-8(2)5-13(6-11(14)15)12(16)10-4-9(3)17-7-10/h4,7-8H,5-6H2,1-3H3,(H,14,15). The molecule has 5 heteroatoms. The largest absolute Gasteiger partial charge is 0.480 e.